The first kappa shape index (κ1) is 22.9. The van der Waals surface area contributed by atoms with E-state index >= 15 is 0 Å². The third kappa shape index (κ3) is 4.43. The number of anilines is 1. The second-order valence-electron chi connectivity index (χ2n) is 10.3. The van der Waals surface area contributed by atoms with E-state index in [1.807, 2.05) is 70.5 Å². The maximum absolute atomic E-state index is 13.1. The molecular formula is C28H35N3O3. The highest BCUT2D eigenvalue weighted by Crippen LogP contribution is 2.51. The fourth-order valence-corrected chi connectivity index (χ4v) is 6.24. The molecule has 1 atom stereocenters. The van der Waals surface area contributed by atoms with E-state index in [0.29, 0.717) is 45.6 Å². The van der Waals surface area contributed by atoms with Crippen LogP contribution >= 0.6 is 0 Å². The zero-order valence-electron chi connectivity index (χ0n) is 19.9. The zero-order valence-corrected chi connectivity index (χ0v) is 19.9. The van der Waals surface area contributed by atoms with Gasteiger partial charge >= 0.3 is 0 Å². The van der Waals surface area contributed by atoms with Gasteiger partial charge in [0.15, 0.2) is 0 Å². The third-order valence-corrected chi connectivity index (χ3v) is 8.28. The first-order chi connectivity index (χ1) is 16.5. The largest absolute Gasteiger partial charge is 0.387 e. The first-order valence-corrected chi connectivity index (χ1v) is 12.6. The molecule has 2 aromatic carbocycles. The second kappa shape index (κ2) is 9.41. The van der Waals surface area contributed by atoms with Crippen molar-refractivity contribution in [3.63, 3.8) is 0 Å². The van der Waals surface area contributed by atoms with E-state index in [4.69, 9.17) is 0 Å². The minimum absolute atomic E-state index is 0.0688. The van der Waals surface area contributed by atoms with Gasteiger partial charge in [-0.05, 0) is 37.0 Å². The van der Waals surface area contributed by atoms with Crippen LogP contribution in [0.2, 0.25) is 0 Å². The number of hydrogen-bond acceptors (Lipinski definition) is 4. The summed E-state index contributed by atoms with van der Waals surface area (Å²) in [5.41, 5.74) is 0.814. The molecule has 3 fully saturated rings. The summed E-state index contributed by atoms with van der Waals surface area (Å²) in [5.74, 6) is 0.200. The molecule has 0 bridgehead atoms. The molecule has 2 saturated heterocycles. The summed E-state index contributed by atoms with van der Waals surface area (Å²) < 4.78 is 0. The number of benzene rings is 2. The average molecular weight is 462 g/mol. The molecule has 180 valence electrons. The first-order valence-electron chi connectivity index (χ1n) is 12.6. The summed E-state index contributed by atoms with van der Waals surface area (Å²) in [4.78, 5) is 32.1. The molecule has 1 spiro atoms. The van der Waals surface area contributed by atoms with Crippen LogP contribution in [-0.2, 0) is 16.0 Å². The quantitative estimate of drug-likeness (QED) is 0.743. The minimum atomic E-state index is -0.947. The van der Waals surface area contributed by atoms with Crippen molar-refractivity contribution < 1.29 is 14.7 Å². The molecule has 6 heteroatoms. The zero-order chi connectivity index (χ0) is 23.6. The monoisotopic (exact) mass is 461 g/mol. The number of amides is 2. The third-order valence-electron chi connectivity index (χ3n) is 8.28. The number of β-amino-alcohol motifs (C(OH)–C–C–N with tert-alkyl or cyclic N) is 1. The van der Waals surface area contributed by atoms with Crippen molar-refractivity contribution in [3.8, 4) is 0 Å². The Bertz CT molecular complexity index is 1010. The summed E-state index contributed by atoms with van der Waals surface area (Å²) in [7, 11) is 0. The molecule has 6 nitrogen and oxygen atoms in total. The Morgan fingerprint density at radius 2 is 1.56 bits per heavy atom. The van der Waals surface area contributed by atoms with Gasteiger partial charge in [-0.15, -0.1) is 0 Å². The standard InChI is InChI=1S/C28H35N3O3/c32-25(19-23-9-3-1-4-10-23)30-16-15-28(34,27(21-30)13-7-8-14-27)22-31-18-17-29(20-26(31)33)24-11-5-2-6-12-24/h1-6,9-12,34H,7-8,13-22H2. The van der Waals surface area contributed by atoms with Gasteiger partial charge < -0.3 is 19.8 Å². The fourth-order valence-electron chi connectivity index (χ4n) is 6.24. The molecule has 2 aromatic rings. The van der Waals surface area contributed by atoms with Gasteiger partial charge in [-0.3, -0.25) is 9.59 Å². The minimum Gasteiger partial charge on any atom is -0.387 e. The van der Waals surface area contributed by atoms with Crippen molar-refractivity contribution >= 4 is 17.5 Å². The van der Waals surface area contributed by atoms with Crippen molar-refractivity contribution in [2.45, 2.75) is 44.1 Å². The van der Waals surface area contributed by atoms with Gasteiger partial charge in [0.05, 0.1) is 25.1 Å². The number of carbonyl (C=O) groups excluding carboxylic acids is 2. The van der Waals surface area contributed by atoms with Crippen LogP contribution in [0.4, 0.5) is 5.69 Å². The molecule has 2 heterocycles. The molecule has 1 aliphatic carbocycles. The molecule has 1 N–H and O–H groups in total. The highest BCUT2D eigenvalue weighted by atomic mass is 16.3. The van der Waals surface area contributed by atoms with Crippen LogP contribution in [0, 0.1) is 5.41 Å². The van der Waals surface area contributed by atoms with Gasteiger partial charge in [0.2, 0.25) is 11.8 Å². The molecule has 5 rings (SSSR count). The molecule has 0 aromatic heterocycles. The van der Waals surface area contributed by atoms with Crippen molar-refractivity contribution in [2.75, 3.05) is 44.2 Å². The summed E-state index contributed by atoms with van der Waals surface area (Å²) in [6, 6.07) is 19.9. The molecule has 34 heavy (non-hydrogen) atoms. The van der Waals surface area contributed by atoms with E-state index < -0.39 is 5.60 Å². The van der Waals surface area contributed by atoms with E-state index in [1.54, 1.807) is 0 Å². The lowest BCUT2D eigenvalue weighted by molar-refractivity contribution is -0.167. The number of hydrogen-bond donors (Lipinski definition) is 1. The summed E-state index contributed by atoms with van der Waals surface area (Å²) >= 11 is 0. The van der Waals surface area contributed by atoms with Crippen molar-refractivity contribution in [3.05, 3.63) is 66.2 Å². The number of piperazine rings is 1. The summed E-state index contributed by atoms with van der Waals surface area (Å²) in [6.07, 6.45) is 4.89. The SMILES string of the molecule is O=C1CN(c2ccccc2)CCN1CC1(O)CCN(C(=O)Cc2ccccc2)CC12CCCC2. The van der Waals surface area contributed by atoms with Gasteiger partial charge in [0, 0.05) is 37.3 Å². The van der Waals surface area contributed by atoms with E-state index in [-0.39, 0.29) is 17.2 Å². The van der Waals surface area contributed by atoms with E-state index in [0.717, 1.165) is 43.5 Å². The Hall–Kier alpha value is -2.86. The smallest absolute Gasteiger partial charge is 0.242 e. The van der Waals surface area contributed by atoms with Crippen LogP contribution in [0.25, 0.3) is 0 Å². The maximum atomic E-state index is 13.1. The number of likely N-dealkylation sites (tertiary alicyclic amines) is 1. The number of para-hydroxylation sites is 1. The Morgan fingerprint density at radius 3 is 2.24 bits per heavy atom. The van der Waals surface area contributed by atoms with Gasteiger partial charge in [0.25, 0.3) is 0 Å². The van der Waals surface area contributed by atoms with Crippen LogP contribution in [0.3, 0.4) is 0 Å². The Labute approximate surface area is 202 Å². The van der Waals surface area contributed by atoms with Crippen LogP contribution in [0.1, 0.15) is 37.7 Å². The number of aliphatic hydroxyl groups is 1. The Balaban J connectivity index is 1.26. The molecule has 1 saturated carbocycles. The summed E-state index contributed by atoms with van der Waals surface area (Å²) in [6.45, 7) is 3.22. The maximum Gasteiger partial charge on any atom is 0.242 e. The van der Waals surface area contributed by atoms with E-state index in [9.17, 15) is 14.7 Å². The van der Waals surface area contributed by atoms with Crippen molar-refractivity contribution in [2.24, 2.45) is 5.41 Å². The normalized spacial score (nSPS) is 24.6. The second-order valence-corrected chi connectivity index (χ2v) is 10.3. The highest BCUT2D eigenvalue weighted by molar-refractivity contribution is 5.83. The lowest BCUT2D eigenvalue weighted by atomic mass is 9.65. The van der Waals surface area contributed by atoms with E-state index in [2.05, 4.69) is 4.90 Å². The van der Waals surface area contributed by atoms with Gasteiger partial charge in [-0.25, -0.2) is 0 Å². The molecule has 0 radical (unpaired) electrons. The van der Waals surface area contributed by atoms with Gasteiger partial charge in [-0.1, -0.05) is 61.4 Å². The molecule has 2 aliphatic heterocycles. The highest BCUT2D eigenvalue weighted by Gasteiger charge is 2.56. The van der Waals surface area contributed by atoms with Crippen molar-refractivity contribution in [1.29, 1.82) is 0 Å². The Kier molecular flexibility index (Phi) is 6.34. The Morgan fingerprint density at radius 1 is 0.882 bits per heavy atom. The number of carbonyl (C=O) groups is 2. The van der Waals surface area contributed by atoms with Crippen LogP contribution in [-0.4, -0.2) is 71.6 Å². The molecular weight excluding hydrogens is 426 g/mol. The predicted molar refractivity (Wildman–Crippen MR) is 132 cm³/mol. The molecule has 1 unspecified atom stereocenters. The summed E-state index contributed by atoms with van der Waals surface area (Å²) in [5, 5.41) is 12.0. The topological polar surface area (TPSA) is 64.1 Å². The van der Waals surface area contributed by atoms with Gasteiger partial charge in [-0.2, -0.15) is 0 Å². The lowest BCUT2D eigenvalue weighted by Crippen LogP contribution is -2.66. The molecule has 2 amide bonds. The predicted octanol–water partition coefficient (Wildman–Crippen LogP) is 3.10. The lowest BCUT2D eigenvalue weighted by Gasteiger charge is -2.54. The number of rotatable bonds is 5. The van der Waals surface area contributed by atoms with E-state index in [1.165, 1.54) is 0 Å². The van der Waals surface area contributed by atoms with Crippen LogP contribution in [0.5, 0.6) is 0 Å². The number of nitrogens with zero attached hydrogens (tertiary/aromatic N) is 3. The van der Waals surface area contributed by atoms with Gasteiger partial charge in [0.1, 0.15) is 0 Å². The molecule has 3 aliphatic rings. The van der Waals surface area contributed by atoms with Crippen molar-refractivity contribution in [1.82, 2.24) is 9.80 Å². The van der Waals surface area contributed by atoms with Crippen LogP contribution in [0.15, 0.2) is 60.7 Å². The fraction of sp³-hybridized carbons (Fsp3) is 0.500. The van der Waals surface area contributed by atoms with Crippen LogP contribution < -0.4 is 4.90 Å². The average Bonchev–Trinajstić information content (AvgIpc) is 3.33. The number of piperidine rings is 1.